The highest BCUT2D eigenvalue weighted by molar-refractivity contribution is 7.89. The van der Waals surface area contributed by atoms with Crippen LogP contribution < -0.4 is 5.32 Å². The fourth-order valence-electron chi connectivity index (χ4n) is 2.61. The quantitative estimate of drug-likeness (QED) is 0.843. The van der Waals surface area contributed by atoms with E-state index in [1.54, 1.807) is 12.1 Å². The van der Waals surface area contributed by atoms with E-state index in [9.17, 15) is 8.42 Å². The van der Waals surface area contributed by atoms with E-state index >= 15 is 0 Å². The summed E-state index contributed by atoms with van der Waals surface area (Å²) in [6, 6.07) is 3.29. The lowest BCUT2D eigenvalue weighted by atomic mass is 9.83. The molecule has 0 saturated heterocycles. The molecule has 1 aromatic rings. The van der Waals surface area contributed by atoms with Crippen molar-refractivity contribution < 1.29 is 8.42 Å². The number of halogens is 1. The number of alkyl halides is 1. The molecule has 0 spiro atoms. The Morgan fingerprint density at radius 2 is 1.95 bits per heavy atom. The molecular formula is C14H22ClN3O2S. The molecule has 1 aliphatic rings. The highest BCUT2D eigenvalue weighted by Gasteiger charge is 2.31. The second kappa shape index (κ2) is 6.50. The molecule has 0 radical (unpaired) electrons. The van der Waals surface area contributed by atoms with E-state index in [1.165, 1.54) is 31.0 Å². The van der Waals surface area contributed by atoms with Crippen LogP contribution in [0.5, 0.6) is 0 Å². The van der Waals surface area contributed by atoms with Crippen molar-refractivity contribution in [2.45, 2.75) is 42.5 Å². The van der Waals surface area contributed by atoms with Crippen LogP contribution in [0.2, 0.25) is 0 Å². The van der Waals surface area contributed by atoms with Gasteiger partial charge in [-0.1, -0.05) is 19.3 Å². The van der Waals surface area contributed by atoms with Crippen LogP contribution in [0.3, 0.4) is 0 Å². The minimum absolute atomic E-state index is 0.116. The van der Waals surface area contributed by atoms with Gasteiger partial charge in [-0.25, -0.2) is 17.7 Å². The third-order valence-electron chi connectivity index (χ3n) is 3.97. The fourth-order valence-corrected chi connectivity index (χ4v) is 3.79. The molecule has 0 atom stereocenters. The summed E-state index contributed by atoms with van der Waals surface area (Å²) in [5, 5.41) is 3.40. The molecule has 5 nitrogen and oxygen atoms in total. The first-order valence-corrected chi connectivity index (χ1v) is 9.10. The van der Waals surface area contributed by atoms with Gasteiger partial charge in [-0.05, 0) is 25.0 Å². The van der Waals surface area contributed by atoms with Crippen molar-refractivity contribution in [1.82, 2.24) is 9.29 Å². The Bertz CT molecular complexity index is 566. The summed E-state index contributed by atoms with van der Waals surface area (Å²) in [6.07, 6.45) is 7.00. The number of sulfonamides is 1. The molecule has 0 aliphatic heterocycles. The van der Waals surface area contributed by atoms with Crippen LogP contribution in [0.1, 0.15) is 32.1 Å². The van der Waals surface area contributed by atoms with Crippen molar-refractivity contribution in [1.29, 1.82) is 0 Å². The predicted molar refractivity (Wildman–Crippen MR) is 85.3 cm³/mol. The van der Waals surface area contributed by atoms with E-state index in [-0.39, 0.29) is 10.4 Å². The summed E-state index contributed by atoms with van der Waals surface area (Å²) in [6.45, 7) is 0. The van der Waals surface area contributed by atoms with Crippen LogP contribution in [-0.2, 0) is 10.0 Å². The van der Waals surface area contributed by atoms with Crippen molar-refractivity contribution in [2.75, 3.05) is 25.3 Å². The molecule has 1 aromatic heterocycles. The zero-order valence-corrected chi connectivity index (χ0v) is 14.0. The van der Waals surface area contributed by atoms with Crippen molar-refractivity contribution in [3.05, 3.63) is 18.3 Å². The van der Waals surface area contributed by atoms with Crippen LogP contribution in [0.15, 0.2) is 23.2 Å². The van der Waals surface area contributed by atoms with Gasteiger partial charge in [0.05, 0.1) is 5.54 Å². The molecule has 21 heavy (non-hydrogen) atoms. The average molecular weight is 332 g/mol. The molecule has 1 N–H and O–H groups in total. The Balaban J connectivity index is 2.16. The molecule has 1 saturated carbocycles. The number of nitrogens with zero attached hydrogens (tertiary/aromatic N) is 2. The molecule has 0 unspecified atom stereocenters. The van der Waals surface area contributed by atoms with E-state index in [0.717, 1.165) is 25.7 Å². The smallest absolute Gasteiger partial charge is 0.244 e. The first-order valence-electron chi connectivity index (χ1n) is 7.12. The molecular weight excluding hydrogens is 310 g/mol. The van der Waals surface area contributed by atoms with Gasteiger partial charge in [0.1, 0.15) is 10.7 Å². The molecule has 118 valence electrons. The molecule has 1 fully saturated rings. The van der Waals surface area contributed by atoms with Gasteiger partial charge < -0.3 is 5.32 Å². The van der Waals surface area contributed by atoms with Crippen molar-refractivity contribution >= 4 is 27.4 Å². The maximum Gasteiger partial charge on any atom is 0.244 e. The number of nitrogens with one attached hydrogen (secondary N) is 1. The number of hydrogen-bond acceptors (Lipinski definition) is 4. The lowest BCUT2D eigenvalue weighted by Crippen LogP contribution is -2.42. The predicted octanol–water partition coefficient (Wildman–Crippen LogP) is 2.69. The van der Waals surface area contributed by atoms with Crippen LogP contribution in [0.25, 0.3) is 0 Å². The minimum atomic E-state index is -3.43. The SMILES string of the molecule is CN(C)S(=O)(=O)c1ccc(NC2(CCl)CCCCC2)nc1. The van der Waals surface area contributed by atoms with Gasteiger partial charge in [0.15, 0.2) is 0 Å². The minimum Gasteiger partial charge on any atom is -0.363 e. The number of pyridine rings is 1. The van der Waals surface area contributed by atoms with Gasteiger partial charge in [0.2, 0.25) is 10.0 Å². The van der Waals surface area contributed by atoms with Gasteiger partial charge in [-0.3, -0.25) is 0 Å². The Labute approximate surface area is 131 Å². The molecule has 7 heteroatoms. The molecule has 0 bridgehead atoms. The summed E-state index contributed by atoms with van der Waals surface area (Å²) in [7, 11) is -0.419. The van der Waals surface area contributed by atoms with Gasteiger partial charge in [-0.2, -0.15) is 0 Å². The Hall–Kier alpha value is -0.850. The maximum absolute atomic E-state index is 12.0. The van der Waals surface area contributed by atoms with Crippen molar-refractivity contribution in [3.63, 3.8) is 0 Å². The van der Waals surface area contributed by atoms with Crippen molar-refractivity contribution in [3.8, 4) is 0 Å². The van der Waals surface area contributed by atoms with Gasteiger partial charge >= 0.3 is 0 Å². The zero-order chi connectivity index (χ0) is 15.5. The van der Waals surface area contributed by atoms with E-state index in [4.69, 9.17) is 11.6 Å². The zero-order valence-electron chi connectivity index (χ0n) is 12.5. The van der Waals surface area contributed by atoms with E-state index in [2.05, 4.69) is 10.3 Å². The number of anilines is 1. The Kier molecular flexibility index (Phi) is 5.11. The van der Waals surface area contributed by atoms with Crippen LogP contribution in [0, 0.1) is 0 Å². The monoisotopic (exact) mass is 331 g/mol. The van der Waals surface area contributed by atoms with Crippen LogP contribution in [0.4, 0.5) is 5.82 Å². The summed E-state index contributed by atoms with van der Waals surface area (Å²) >= 11 is 6.14. The van der Waals surface area contributed by atoms with Gasteiger partial charge in [0.25, 0.3) is 0 Å². The van der Waals surface area contributed by atoms with Crippen LogP contribution >= 0.6 is 11.6 Å². The summed E-state index contributed by atoms with van der Waals surface area (Å²) in [4.78, 5) is 4.43. The standard InChI is InChI=1S/C14H22ClN3O2S/c1-18(2)21(19,20)12-6-7-13(16-10-12)17-14(11-15)8-4-3-5-9-14/h6-7,10H,3-5,8-9,11H2,1-2H3,(H,16,17). The summed E-state index contributed by atoms with van der Waals surface area (Å²) in [5.41, 5.74) is -0.116. The second-order valence-electron chi connectivity index (χ2n) is 5.77. The molecule has 1 heterocycles. The number of aromatic nitrogens is 1. The van der Waals surface area contributed by atoms with E-state index in [0.29, 0.717) is 11.7 Å². The van der Waals surface area contributed by atoms with E-state index < -0.39 is 10.0 Å². The lowest BCUT2D eigenvalue weighted by Gasteiger charge is -2.37. The second-order valence-corrected chi connectivity index (χ2v) is 8.19. The maximum atomic E-state index is 12.0. The average Bonchev–Trinajstić information content (AvgIpc) is 2.48. The Morgan fingerprint density at radius 3 is 2.43 bits per heavy atom. The summed E-state index contributed by atoms with van der Waals surface area (Å²) in [5.74, 6) is 1.21. The highest BCUT2D eigenvalue weighted by Crippen LogP contribution is 2.32. The first-order chi connectivity index (χ1) is 9.89. The molecule has 2 rings (SSSR count). The van der Waals surface area contributed by atoms with Crippen LogP contribution in [-0.4, -0.2) is 43.2 Å². The molecule has 0 aromatic carbocycles. The highest BCUT2D eigenvalue weighted by atomic mass is 35.5. The normalized spacial score (nSPS) is 18.7. The molecule has 1 aliphatic carbocycles. The fraction of sp³-hybridized carbons (Fsp3) is 0.643. The van der Waals surface area contributed by atoms with Gasteiger partial charge in [-0.15, -0.1) is 11.6 Å². The first kappa shape index (κ1) is 16.5. The van der Waals surface area contributed by atoms with Crippen molar-refractivity contribution in [2.24, 2.45) is 0 Å². The Morgan fingerprint density at radius 1 is 1.29 bits per heavy atom. The van der Waals surface area contributed by atoms with Gasteiger partial charge in [0, 0.05) is 26.2 Å². The third-order valence-corrected chi connectivity index (χ3v) is 6.28. The summed E-state index contributed by atoms with van der Waals surface area (Å²) < 4.78 is 25.2. The van der Waals surface area contributed by atoms with E-state index in [1.807, 2.05) is 0 Å². The third kappa shape index (κ3) is 3.67. The number of rotatable bonds is 5. The largest absolute Gasteiger partial charge is 0.363 e. The number of hydrogen-bond donors (Lipinski definition) is 1. The topological polar surface area (TPSA) is 62.3 Å². The molecule has 0 amide bonds. The lowest BCUT2D eigenvalue weighted by molar-refractivity contribution is 0.352.